The lowest BCUT2D eigenvalue weighted by Gasteiger charge is -1.97. The fourth-order valence-electron chi connectivity index (χ4n) is 1.18. The van der Waals surface area contributed by atoms with E-state index in [1.165, 1.54) is 6.07 Å². The number of hydrogen-bond donors (Lipinski definition) is 1. The first-order valence-electron chi connectivity index (χ1n) is 3.85. The van der Waals surface area contributed by atoms with Crippen LogP contribution in [-0.4, -0.2) is 4.98 Å². The van der Waals surface area contributed by atoms with E-state index in [0.29, 0.717) is 5.56 Å². The zero-order valence-electron chi connectivity index (χ0n) is 6.72. The topological polar surface area (TPSA) is 15.8 Å². The monoisotopic (exact) mass is 179 g/mol. The highest BCUT2D eigenvalue weighted by Gasteiger charge is 2.03. The van der Waals surface area contributed by atoms with Gasteiger partial charge in [-0.1, -0.05) is 6.07 Å². The molecule has 0 saturated carbocycles. The SMILES string of the molecule is Fc1ccc(-c2cc[nH]c2)cc1F. The number of aromatic amines is 1. The highest BCUT2D eigenvalue weighted by Crippen LogP contribution is 2.20. The van der Waals surface area contributed by atoms with Crippen LogP contribution in [0.3, 0.4) is 0 Å². The average molecular weight is 179 g/mol. The van der Waals surface area contributed by atoms with Gasteiger partial charge in [-0.2, -0.15) is 0 Å². The van der Waals surface area contributed by atoms with Gasteiger partial charge in [-0.3, -0.25) is 0 Å². The molecule has 0 saturated heterocycles. The lowest BCUT2D eigenvalue weighted by molar-refractivity contribution is 0.509. The standard InChI is InChI=1S/C10H7F2N/c11-9-2-1-7(5-10(9)12)8-3-4-13-6-8/h1-6,13H. The van der Waals surface area contributed by atoms with Gasteiger partial charge in [-0.25, -0.2) is 8.78 Å². The predicted molar refractivity (Wildman–Crippen MR) is 46.1 cm³/mol. The van der Waals surface area contributed by atoms with Crippen LogP contribution in [0, 0.1) is 11.6 Å². The summed E-state index contributed by atoms with van der Waals surface area (Å²) in [6.07, 6.45) is 3.46. The van der Waals surface area contributed by atoms with Gasteiger partial charge in [0.2, 0.25) is 0 Å². The highest BCUT2D eigenvalue weighted by atomic mass is 19.2. The Morgan fingerprint density at radius 3 is 2.38 bits per heavy atom. The van der Waals surface area contributed by atoms with E-state index in [1.807, 2.05) is 0 Å². The van der Waals surface area contributed by atoms with Crippen molar-refractivity contribution in [3.63, 3.8) is 0 Å². The Balaban J connectivity index is 2.49. The molecule has 0 radical (unpaired) electrons. The van der Waals surface area contributed by atoms with Crippen molar-refractivity contribution in [3.05, 3.63) is 48.3 Å². The quantitative estimate of drug-likeness (QED) is 0.692. The third kappa shape index (κ3) is 1.45. The van der Waals surface area contributed by atoms with E-state index in [0.717, 1.165) is 11.6 Å². The molecule has 1 heterocycles. The van der Waals surface area contributed by atoms with Crippen molar-refractivity contribution < 1.29 is 8.78 Å². The fourth-order valence-corrected chi connectivity index (χ4v) is 1.18. The summed E-state index contributed by atoms with van der Waals surface area (Å²) in [5.41, 5.74) is 1.51. The molecule has 1 aromatic heterocycles. The Morgan fingerprint density at radius 1 is 0.923 bits per heavy atom. The van der Waals surface area contributed by atoms with Crippen molar-refractivity contribution in [2.75, 3.05) is 0 Å². The van der Waals surface area contributed by atoms with Crippen LogP contribution in [0.1, 0.15) is 0 Å². The summed E-state index contributed by atoms with van der Waals surface area (Å²) in [6, 6.07) is 5.64. The van der Waals surface area contributed by atoms with Crippen LogP contribution in [0.2, 0.25) is 0 Å². The van der Waals surface area contributed by atoms with Gasteiger partial charge >= 0.3 is 0 Å². The fraction of sp³-hybridized carbons (Fsp3) is 0. The van der Waals surface area contributed by atoms with E-state index in [9.17, 15) is 8.78 Å². The van der Waals surface area contributed by atoms with E-state index in [-0.39, 0.29) is 0 Å². The van der Waals surface area contributed by atoms with E-state index in [1.54, 1.807) is 24.5 Å². The Kier molecular flexibility index (Phi) is 1.85. The number of nitrogens with one attached hydrogen (secondary N) is 1. The van der Waals surface area contributed by atoms with Gasteiger partial charge in [0.15, 0.2) is 11.6 Å². The normalized spacial score (nSPS) is 10.3. The van der Waals surface area contributed by atoms with Gasteiger partial charge in [0.25, 0.3) is 0 Å². The lowest BCUT2D eigenvalue weighted by Crippen LogP contribution is -1.83. The first kappa shape index (κ1) is 7.98. The van der Waals surface area contributed by atoms with Crippen molar-refractivity contribution in [2.24, 2.45) is 0 Å². The molecule has 2 aromatic rings. The molecule has 0 spiro atoms. The third-order valence-corrected chi connectivity index (χ3v) is 1.85. The van der Waals surface area contributed by atoms with Crippen LogP contribution < -0.4 is 0 Å². The number of aromatic nitrogens is 1. The summed E-state index contributed by atoms with van der Waals surface area (Å²) in [5.74, 6) is -1.64. The summed E-state index contributed by atoms with van der Waals surface area (Å²) in [5, 5.41) is 0. The molecule has 3 heteroatoms. The molecule has 1 aromatic carbocycles. The van der Waals surface area contributed by atoms with E-state index >= 15 is 0 Å². The smallest absolute Gasteiger partial charge is 0.159 e. The molecule has 1 N–H and O–H groups in total. The van der Waals surface area contributed by atoms with Gasteiger partial charge in [-0.15, -0.1) is 0 Å². The first-order chi connectivity index (χ1) is 6.27. The summed E-state index contributed by atoms with van der Waals surface area (Å²) >= 11 is 0. The van der Waals surface area contributed by atoms with E-state index in [2.05, 4.69) is 4.98 Å². The van der Waals surface area contributed by atoms with Gasteiger partial charge in [0.1, 0.15) is 0 Å². The average Bonchev–Trinajstić information content (AvgIpc) is 2.62. The summed E-state index contributed by atoms with van der Waals surface area (Å²) in [6.45, 7) is 0. The van der Waals surface area contributed by atoms with Gasteiger partial charge in [0.05, 0.1) is 0 Å². The van der Waals surface area contributed by atoms with Crippen molar-refractivity contribution in [1.82, 2.24) is 4.98 Å². The molecule has 0 aliphatic heterocycles. The second-order valence-corrected chi connectivity index (χ2v) is 2.73. The van der Waals surface area contributed by atoms with Crippen molar-refractivity contribution in [2.45, 2.75) is 0 Å². The molecule has 0 aliphatic carbocycles. The van der Waals surface area contributed by atoms with E-state index in [4.69, 9.17) is 0 Å². The largest absolute Gasteiger partial charge is 0.367 e. The predicted octanol–water partition coefficient (Wildman–Crippen LogP) is 2.96. The molecule has 0 atom stereocenters. The summed E-state index contributed by atoms with van der Waals surface area (Å²) in [4.78, 5) is 2.85. The number of halogens is 2. The van der Waals surface area contributed by atoms with Crippen LogP contribution in [-0.2, 0) is 0 Å². The minimum atomic E-state index is -0.821. The molecular formula is C10H7F2N. The summed E-state index contributed by atoms with van der Waals surface area (Å²) in [7, 11) is 0. The molecule has 13 heavy (non-hydrogen) atoms. The third-order valence-electron chi connectivity index (χ3n) is 1.85. The number of benzene rings is 1. The molecule has 0 amide bonds. The molecule has 2 rings (SSSR count). The number of hydrogen-bond acceptors (Lipinski definition) is 0. The number of rotatable bonds is 1. The van der Waals surface area contributed by atoms with Crippen molar-refractivity contribution in [1.29, 1.82) is 0 Å². The van der Waals surface area contributed by atoms with Crippen LogP contribution in [0.25, 0.3) is 11.1 Å². The van der Waals surface area contributed by atoms with Crippen LogP contribution in [0.15, 0.2) is 36.7 Å². The lowest BCUT2D eigenvalue weighted by atomic mass is 10.1. The van der Waals surface area contributed by atoms with Gasteiger partial charge in [-0.05, 0) is 29.3 Å². The maximum Gasteiger partial charge on any atom is 0.159 e. The minimum absolute atomic E-state index is 0.667. The maximum atomic E-state index is 12.8. The Bertz CT molecular complexity index is 407. The van der Waals surface area contributed by atoms with Gasteiger partial charge in [0, 0.05) is 12.4 Å². The maximum absolute atomic E-state index is 12.8. The first-order valence-corrected chi connectivity index (χ1v) is 3.85. The molecule has 0 aliphatic rings. The molecule has 1 nitrogen and oxygen atoms in total. The zero-order valence-corrected chi connectivity index (χ0v) is 6.72. The Hall–Kier alpha value is -1.64. The Morgan fingerprint density at radius 2 is 1.77 bits per heavy atom. The molecule has 0 fully saturated rings. The zero-order chi connectivity index (χ0) is 9.26. The summed E-state index contributed by atoms with van der Waals surface area (Å²) < 4.78 is 25.3. The molecular weight excluding hydrogens is 172 g/mol. The van der Waals surface area contributed by atoms with E-state index < -0.39 is 11.6 Å². The molecule has 66 valence electrons. The second kappa shape index (κ2) is 3.01. The molecule has 0 unspecified atom stereocenters. The van der Waals surface area contributed by atoms with Crippen molar-refractivity contribution >= 4 is 0 Å². The Labute approximate surface area is 74.0 Å². The van der Waals surface area contributed by atoms with Crippen molar-refractivity contribution in [3.8, 4) is 11.1 Å². The van der Waals surface area contributed by atoms with Gasteiger partial charge < -0.3 is 4.98 Å². The highest BCUT2D eigenvalue weighted by molar-refractivity contribution is 5.62. The minimum Gasteiger partial charge on any atom is -0.367 e. The number of H-pyrrole nitrogens is 1. The van der Waals surface area contributed by atoms with Crippen LogP contribution >= 0.6 is 0 Å². The molecule has 0 bridgehead atoms. The van der Waals surface area contributed by atoms with Crippen LogP contribution in [0.5, 0.6) is 0 Å². The van der Waals surface area contributed by atoms with Crippen LogP contribution in [0.4, 0.5) is 8.78 Å². The second-order valence-electron chi connectivity index (χ2n) is 2.73.